The van der Waals surface area contributed by atoms with Crippen LogP contribution in [-0.2, 0) is 9.59 Å². The second-order valence-corrected chi connectivity index (χ2v) is 7.01. The fraction of sp³-hybridized carbons (Fsp3) is 0.500. The van der Waals surface area contributed by atoms with E-state index in [4.69, 9.17) is 16.3 Å². The molecule has 6 nitrogen and oxygen atoms in total. The summed E-state index contributed by atoms with van der Waals surface area (Å²) in [4.78, 5) is 23.9. The zero-order chi connectivity index (χ0) is 17.4. The van der Waals surface area contributed by atoms with Crippen LogP contribution in [0.25, 0.3) is 0 Å². The Kier molecular flexibility index (Phi) is 7.68. The van der Waals surface area contributed by atoms with E-state index < -0.39 is 0 Å². The Hall–Kier alpha value is -1.44. The number of hydrogen-bond acceptors (Lipinski definition) is 5. The number of anilines is 1. The van der Waals surface area contributed by atoms with Gasteiger partial charge in [-0.2, -0.15) is 11.8 Å². The zero-order valence-electron chi connectivity index (χ0n) is 13.6. The summed E-state index contributed by atoms with van der Waals surface area (Å²) < 4.78 is 5.18. The van der Waals surface area contributed by atoms with Crippen LogP contribution in [0.4, 0.5) is 5.69 Å². The van der Waals surface area contributed by atoms with E-state index in [1.807, 2.05) is 11.8 Å². The Bertz CT molecular complexity index is 580. The van der Waals surface area contributed by atoms with Crippen molar-refractivity contribution in [1.82, 2.24) is 10.6 Å². The normalized spacial score (nSPS) is 17.2. The van der Waals surface area contributed by atoms with E-state index in [0.29, 0.717) is 29.4 Å². The number of amides is 2. The number of rotatable bonds is 7. The molecule has 1 aromatic rings. The lowest BCUT2D eigenvalue weighted by Crippen LogP contribution is -2.41. The van der Waals surface area contributed by atoms with E-state index in [1.54, 1.807) is 18.2 Å². The number of ether oxygens (including phenoxy) is 1. The number of carbonyl (C=O) groups excluding carboxylic acids is 2. The van der Waals surface area contributed by atoms with E-state index >= 15 is 0 Å². The van der Waals surface area contributed by atoms with Crippen molar-refractivity contribution in [3.63, 3.8) is 0 Å². The first-order chi connectivity index (χ1) is 11.6. The van der Waals surface area contributed by atoms with Crippen LogP contribution in [-0.4, -0.2) is 49.6 Å². The van der Waals surface area contributed by atoms with Gasteiger partial charge in [0.15, 0.2) is 0 Å². The molecule has 1 fully saturated rings. The molecule has 1 atom stereocenters. The maximum Gasteiger partial charge on any atom is 0.226 e. The van der Waals surface area contributed by atoms with Gasteiger partial charge in [0, 0.05) is 48.5 Å². The second kappa shape index (κ2) is 9.76. The molecule has 0 bridgehead atoms. The predicted octanol–water partition coefficient (Wildman–Crippen LogP) is 1.89. The lowest BCUT2D eigenvalue weighted by Gasteiger charge is -2.22. The van der Waals surface area contributed by atoms with E-state index in [9.17, 15) is 9.59 Å². The van der Waals surface area contributed by atoms with Crippen LogP contribution in [0.15, 0.2) is 18.2 Å². The average molecular weight is 372 g/mol. The third kappa shape index (κ3) is 6.22. The van der Waals surface area contributed by atoms with Crippen molar-refractivity contribution in [2.45, 2.75) is 18.9 Å². The van der Waals surface area contributed by atoms with E-state index in [1.165, 1.54) is 7.11 Å². The Morgan fingerprint density at radius 3 is 2.96 bits per heavy atom. The van der Waals surface area contributed by atoms with Gasteiger partial charge in [-0.3, -0.25) is 9.59 Å². The molecule has 1 aliphatic rings. The Labute approximate surface area is 151 Å². The quantitative estimate of drug-likeness (QED) is 0.682. The van der Waals surface area contributed by atoms with E-state index in [0.717, 1.165) is 18.1 Å². The van der Waals surface area contributed by atoms with Gasteiger partial charge in [0.1, 0.15) is 5.75 Å². The molecule has 1 aliphatic heterocycles. The Morgan fingerprint density at radius 1 is 1.42 bits per heavy atom. The van der Waals surface area contributed by atoms with Crippen molar-refractivity contribution < 1.29 is 14.3 Å². The van der Waals surface area contributed by atoms with Gasteiger partial charge < -0.3 is 20.7 Å². The maximum absolute atomic E-state index is 12.0. The lowest BCUT2D eigenvalue weighted by atomic mass is 10.2. The van der Waals surface area contributed by atoms with Crippen LogP contribution in [0.1, 0.15) is 12.8 Å². The highest BCUT2D eigenvalue weighted by molar-refractivity contribution is 7.99. The molecule has 2 amide bonds. The molecule has 0 aromatic heterocycles. The number of hydrogen-bond donors (Lipinski definition) is 3. The van der Waals surface area contributed by atoms with Crippen molar-refractivity contribution in [2.24, 2.45) is 0 Å². The predicted molar refractivity (Wildman–Crippen MR) is 98.0 cm³/mol. The van der Waals surface area contributed by atoms with Gasteiger partial charge in [0.25, 0.3) is 0 Å². The fourth-order valence-corrected chi connectivity index (χ4v) is 3.47. The molecular formula is C16H22ClN3O3S. The van der Waals surface area contributed by atoms with Crippen LogP contribution in [0.2, 0.25) is 5.02 Å². The van der Waals surface area contributed by atoms with Gasteiger partial charge in [0.2, 0.25) is 11.8 Å². The maximum atomic E-state index is 12.0. The molecule has 24 heavy (non-hydrogen) atoms. The monoisotopic (exact) mass is 371 g/mol. The summed E-state index contributed by atoms with van der Waals surface area (Å²) in [5.41, 5.74) is 0.518. The fourth-order valence-electron chi connectivity index (χ4n) is 2.35. The smallest absolute Gasteiger partial charge is 0.226 e. The SMILES string of the molecule is COc1ccc(Cl)cc1NC(=O)CCNC(=O)CC1CSCCN1. The van der Waals surface area contributed by atoms with Crippen LogP contribution in [0, 0.1) is 0 Å². The van der Waals surface area contributed by atoms with Crippen molar-refractivity contribution >= 4 is 40.9 Å². The van der Waals surface area contributed by atoms with Gasteiger partial charge >= 0.3 is 0 Å². The van der Waals surface area contributed by atoms with Gasteiger partial charge in [0.05, 0.1) is 12.8 Å². The number of methoxy groups -OCH3 is 1. The van der Waals surface area contributed by atoms with E-state index in [-0.39, 0.29) is 24.3 Å². The molecule has 1 unspecified atom stereocenters. The third-order valence-electron chi connectivity index (χ3n) is 3.54. The average Bonchev–Trinajstić information content (AvgIpc) is 2.56. The Morgan fingerprint density at radius 2 is 2.25 bits per heavy atom. The van der Waals surface area contributed by atoms with Crippen molar-refractivity contribution in [3.05, 3.63) is 23.2 Å². The van der Waals surface area contributed by atoms with E-state index in [2.05, 4.69) is 16.0 Å². The number of benzene rings is 1. The highest BCUT2D eigenvalue weighted by Crippen LogP contribution is 2.27. The topological polar surface area (TPSA) is 79.5 Å². The summed E-state index contributed by atoms with van der Waals surface area (Å²) in [6, 6.07) is 5.22. The van der Waals surface area contributed by atoms with Crippen molar-refractivity contribution in [2.75, 3.05) is 37.0 Å². The Balaban J connectivity index is 1.71. The molecule has 8 heteroatoms. The summed E-state index contributed by atoms with van der Waals surface area (Å²) in [7, 11) is 1.52. The van der Waals surface area contributed by atoms with Crippen LogP contribution < -0.4 is 20.7 Å². The van der Waals surface area contributed by atoms with Gasteiger partial charge in [-0.1, -0.05) is 11.6 Å². The molecule has 3 N–H and O–H groups in total. The van der Waals surface area contributed by atoms with Crippen LogP contribution in [0.3, 0.4) is 0 Å². The first-order valence-corrected chi connectivity index (χ1v) is 9.33. The zero-order valence-corrected chi connectivity index (χ0v) is 15.1. The molecule has 1 saturated heterocycles. The summed E-state index contributed by atoms with van der Waals surface area (Å²) in [5.74, 6) is 2.33. The summed E-state index contributed by atoms with van der Waals surface area (Å²) in [6.07, 6.45) is 0.630. The number of halogens is 1. The van der Waals surface area contributed by atoms with Gasteiger partial charge in [-0.25, -0.2) is 0 Å². The van der Waals surface area contributed by atoms with Gasteiger partial charge in [-0.05, 0) is 18.2 Å². The molecule has 1 aromatic carbocycles. The molecule has 0 radical (unpaired) electrons. The largest absolute Gasteiger partial charge is 0.495 e. The standard InChI is InChI=1S/C16H22ClN3O3S/c1-23-14-3-2-11(17)8-13(14)20-15(21)4-5-19-16(22)9-12-10-24-7-6-18-12/h2-3,8,12,18H,4-7,9-10H2,1H3,(H,19,22)(H,20,21). The molecule has 0 saturated carbocycles. The number of carbonyl (C=O) groups is 2. The minimum Gasteiger partial charge on any atom is -0.495 e. The summed E-state index contributed by atoms with van der Waals surface area (Å²) in [5, 5.41) is 9.35. The van der Waals surface area contributed by atoms with Crippen LogP contribution in [0.5, 0.6) is 5.75 Å². The number of nitrogens with one attached hydrogen (secondary N) is 3. The molecular weight excluding hydrogens is 350 g/mol. The minimum absolute atomic E-state index is 0.0388. The summed E-state index contributed by atoms with van der Waals surface area (Å²) >= 11 is 7.77. The molecule has 2 rings (SSSR count). The first-order valence-electron chi connectivity index (χ1n) is 7.79. The summed E-state index contributed by atoms with van der Waals surface area (Å²) in [6.45, 7) is 1.24. The second-order valence-electron chi connectivity index (χ2n) is 5.42. The molecule has 0 spiro atoms. The third-order valence-corrected chi connectivity index (χ3v) is 4.91. The lowest BCUT2D eigenvalue weighted by molar-refractivity contribution is -0.121. The molecule has 132 valence electrons. The van der Waals surface area contributed by atoms with Gasteiger partial charge in [-0.15, -0.1) is 0 Å². The first kappa shape index (κ1) is 18.9. The van der Waals surface area contributed by atoms with Crippen molar-refractivity contribution in [1.29, 1.82) is 0 Å². The minimum atomic E-state index is -0.206. The highest BCUT2D eigenvalue weighted by Gasteiger charge is 2.16. The van der Waals surface area contributed by atoms with Crippen LogP contribution >= 0.6 is 23.4 Å². The highest BCUT2D eigenvalue weighted by atomic mass is 35.5. The molecule has 1 heterocycles. The van der Waals surface area contributed by atoms with Crippen molar-refractivity contribution in [3.8, 4) is 5.75 Å². The number of thioether (sulfide) groups is 1. The molecule has 0 aliphatic carbocycles.